The van der Waals surface area contributed by atoms with Crippen molar-refractivity contribution in [1.82, 2.24) is 0 Å². The second-order valence-corrected chi connectivity index (χ2v) is 5.25. The van der Waals surface area contributed by atoms with E-state index >= 15 is 0 Å². The molecule has 3 N–H and O–H groups in total. The SMILES string of the molecule is Cc1ccsc1C(=O)N(C)c1cccc(C(N)=NO)c1. The molecule has 0 spiro atoms. The molecule has 0 aliphatic heterocycles. The molecule has 6 heteroatoms. The van der Waals surface area contributed by atoms with Crippen molar-refractivity contribution in [3.8, 4) is 0 Å². The number of anilines is 1. The highest BCUT2D eigenvalue weighted by Crippen LogP contribution is 2.22. The molecule has 0 fully saturated rings. The van der Waals surface area contributed by atoms with Gasteiger partial charge in [0.25, 0.3) is 5.91 Å². The van der Waals surface area contributed by atoms with Crippen molar-refractivity contribution in [1.29, 1.82) is 0 Å². The summed E-state index contributed by atoms with van der Waals surface area (Å²) in [6, 6.07) is 8.89. The molecule has 2 rings (SSSR count). The Kier molecular flexibility index (Phi) is 4.05. The van der Waals surface area contributed by atoms with Gasteiger partial charge >= 0.3 is 0 Å². The quantitative estimate of drug-likeness (QED) is 0.394. The average Bonchev–Trinajstić information content (AvgIpc) is 2.91. The minimum atomic E-state index is -0.0749. The van der Waals surface area contributed by atoms with Gasteiger partial charge in [0, 0.05) is 18.3 Å². The van der Waals surface area contributed by atoms with Crippen LogP contribution in [0.1, 0.15) is 20.8 Å². The van der Waals surface area contributed by atoms with Gasteiger partial charge in [0.05, 0.1) is 4.88 Å². The molecule has 104 valence electrons. The Morgan fingerprint density at radius 1 is 1.40 bits per heavy atom. The third-order valence-corrected chi connectivity index (χ3v) is 4.00. The zero-order valence-electron chi connectivity index (χ0n) is 11.2. The van der Waals surface area contributed by atoms with Crippen LogP contribution < -0.4 is 10.6 Å². The molecule has 5 nitrogen and oxygen atoms in total. The molecule has 0 atom stereocenters. The van der Waals surface area contributed by atoms with Crippen LogP contribution in [0.5, 0.6) is 0 Å². The van der Waals surface area contributed by atoms with Crippen molar-refractivity contribution in [2.45, 2.75) is 6.92 Å². The molecule has 0 aliphatic carbocycles. The number of amidine groups is 1. The van der Waals surface area contributed by atoms with Gasteiger partial charge in [0.1, 0.15) is 0 Å². The Labute approximate surface area is 120 Å². The molecule has 0 saturated heterocycles. The lowest BCUT2D eigenvalue weighted by atomic mass is 10.1. The Bertz CT molecular complexity index is 664. The monoisotopic (exact) mass is 289 g/mol. The van der Waals surface area contributed by atoms with Crippen LogP contribution in [0, 0.1) is 6.92 Å². The molecule has 0 unspecified atom stereocenters. The van der Waals surface area contributed by atoms with Crippen LogP contribution in [0.2, 0.25) is 0 Å². The van der Waals surface area contributed by atoms with E-state index in [1.807, 2.05) is 18.4 Å². The van der Waals surface area contributed by atoms with Gasteiger partial charge in [-0.05, 0) is 36.1 Å². The van der Waals surface area contributed by atoms with Crippen molar-refractivity contribution in [3.63, 3.8) is 0 Å². The van der Waals surface area contributed by atoms with E-state index in [1.54, 1.807) is 36.2 Å². The Morgan fingerprint density at radius 2 is 2.15 bits per heavy atom. The zero-order chi connectivity index (χ0) is 14.7. The van der Waals surface area contributed by atoms with Gasteiger partial charge in [-0.2, -0.15) is 0 Å². The number of thiophene rings is 1. The number of hydrogen-bond donors (Lipinski definition) is 2. The van der Waals surface area contributed by atoms with Gasteiger partial charge < -0.3 is 15.8 Å². The second kappa shape index (κ2) is 5.75. The van der Waals surface area contributed by atoms with E-state index in [0.29, 0.717) is 16.1 Å². The molecule has 20 heavy (non-hydrogen) atoms. The first kappa shape index (κ1) is 14.1. The maximum absolute atomic E-state index is 12.4. The van der Waals surface area contributed by atoms with Crippen molar-refractivity contribution in [3.05, 3.63) is 51.7 Å². The van der Waals surface area contributed by atoms with Crippen molar-refractivity contribution in [2.75, 3.05) is 11.9 Å². The fraction of sp³-hybridized carbons (Fsp3) is 0.143. The summed E-state index contributed by atoms with van der Waals surface area (Å²) in [6.07, 6.45) is 0. The summed E-state index contributed by atoms with van der Waals surface area (Å²) in [5.74, 6) is -0.0610. The van der Waals surface area contributed by atoms with E-state index < -0.39 is 0 Å². The number of carbonyl (C=O) groups excluding carboxylic acids is 1. The number of oxime groups is 1. The third-order valence-electron chi connectivity index (χ3n) is 3.00. The van der Waals surface area contributed by atoms with Gasteiger partial charge in [0.2, 0.25) is 0 Å². The van der Waals surface area contributed by atoms with Crippen LogP contribution in [0.25, 0.3) is 0 Å². The fourth-order valence-electron chi connectivity index (χ4n) is 1.79. The number of carbonyl (C=O) groups is 1. The smallest absolute Gasteiger partial charge is 0.268 e. The summed E-state index contributed by atoms with van der Waals surface area (Å²) in [6.45, 7) is 1.91. The number of amides is 1. The number of rotatable bonds is 3. The van der Waals surface area contributed by atoms with Crippen LogP contribution in [0.3, 0.4) is 0 Å². The van der Waals surface area contributed by atoms with E-state index in [1.165, 1.54) is 11.3 Å². The van der Waals surface area contributed by atoms with Crippen LogP contribution in [0.4, 0.5) is 5.69 Å². The molecule has 0 radical (unpaired) electrons. The minimum Gasteiger partial charge on any atom is -0.409 e. The lowest BCUT2D eigenvalue weighted by molar-refractivity contribution is 0.0996. The van der Waals surface area contributed by atoms with Gasteiger partial charge in [-0.25, -0.2) is 0 Å². The summed E-state index contributed by atoms with van der Waals surface area (Å²) in [5.41, 5.74) is 7.76. The molecule has 1 aromatic carbocycles. The molecule has 1 aromatic heterocycles. The van der Waals surface area contributed by atoms with E-state index in [2.05, 4.69) is 5.16 Å². The summed E-state index contributed by atoms with van der Waals surface area (Å²) >= 11 is 1.42. The Morgan fingerprint density at radius 3 is 2.75 bits per heavy atom. The van der Waals surface area contributed by atoms with Crippen LogP contribution in [-0.2, 0) is 0 Å². The summed E-state index contributed by atoms with van der Waals surface area (Å²) in [5, 5.41) is 13.6. The molecular weight excluding hydrogens is 274 g/mol. The summed E-state index contributed by atoms with van der Waals surface area (Å²) in [4.78, 5) is 14.7. The van der Waals surface area contributed by atoms with Gasteiger partial charge in [0.15, 0.2) is 5.84 Å². The summed E-state index contributed by atoms with van der Waals surface area (Å²) < 4.78 is 0. The van der Waals surface area contributed by atoms with Crippen LogP contribution in [0.15, 0.2) is 40.9 Å². The normalized spacial score (nSPS) is 11.4. The van der Waals surface area contributed by atoms with Gasteiger partial charge in [-0.3, -0.25) is 4.79 Å². The van der Waals surface area contributed by atoms with E-state index in [4.69, 9.17) is 10.9 Å². The number of hydrogen-bond acceptors (Lipinski definition) is 4. The Balaban J connectivity index is 2.32. The highest BCUT2D eigenvalue weighted by atomic mass is 32.1. The standard InChI is InChI=1S/C14H15N3O2S/c1-9-6-7-20-12(9)14(18)17(2)11-5-3-4-10(8-11)13(15)16-19/h3-8,19H,1-2H3,(H2,15,16). The number of benzene rings is 1. The summed E-state index contributed by atoms with van der Waals surface area (Å²) in [7, 11) is 1.70. The first-order valence-electron chi connectivity index (χ1n) is 5.94. The van der Waals surface area contributed by atoms with E-state index in [0.717, 1.165) is 5.56 Å². The van der Waals surface area contributed by atoms with E-state index in [9.17, 15) is 4.79 Å². The first-order valence-corrected chi connectivity index (χ1v) is 6.82. The predicted molar refractivity (Wildman–Crippen MR) is 80.7 cm³/mol. The number of nitrogens with two attached hydrogens (primary N) is 1. The Hall–Kier alpha value is -2.34. The highest BCUT2D eigenvalue weighted by Gasteiger charge is 2.17. The molecule has 0 saturated carbocycles. The molecular formula is C14H15N3O2S. The van der Waals surface area contributed by atoms with Gasteiger partial charge in [-0.1, -0.05) is 17.3 Å². The maximum atomic E-state index is 12.4. The fourth-order valence-corrected chi connectivity index (χ4v) is 2.69. The molecule has 1 amide bonds. The number of aryl methyl sites for hydroxylation is 1. The topological polar surface area (TPSA) is 78.9 Å². The van der Waals surface area contributed by atoms with Crippen molar-refractivity contribution < 1.29 is 10.0 Å². The molecule has 2 aromatic rings. The van der Waals surface area contributed by atoms with Crippen molar-refractivity contribution in [2.24, 2.45) is 10.9 Å². The largest absolute Gasteiger partial charge is 0.409 e. The lowest BCUT2D eigenvalue weighted by Crippen LogP contribution is -2.26. The second-order valence-electron chi connectivity index (χ2n) is 4.33. The minimum absolute atomic E-state index is 0.0139. The molecule has 0 aliphatic rings. The zero-order valence-corrected chi connectivity index (χ0v) is 12.0. The van der Waals surface area contributed by atoms with Crippen LogP contribution >= 0.6 is 11.3 Å². The first-order chi connectivity index (χ1) is 9.54. The van der Waals surface area contributed by atoms with Gasteiger partial charge in [-0.15, -0.1) is 11.3 Å². The maximum Gasteiger partial charge on any atom is 0.268 e. The lowest BCUT2D eigenvalue weighted by Gasteiger charge is -2.17. The highest BCUT2D eigenvalue weighted by molar-refractivity contribution is 7.12. The van der Waals surface area contributed by atoms with Crippen molar-refractivity contribution >= 4 is 28.8 Å². The number of nitrogens with zero attached hydrogens (tertiary/aromatic N) is 2. The molecule has 1 heterocycles. The van der Waals surface area contributed by atoms with E-state index in [-0.39, 0.29) is 11.7 Å². The predicted octanol–water partition coefficient (Wildman–Crippen LogP) is 2.43. The third kappa shape index (κ3) is 2.65. The molecule has 0 bridgehead atoms. The average molecular weight is 289 g/mol. The van der Waals surface area contributed by atoms with Crippen LogP contribution in [-0.4, -0.2) is 24.0 Å².